The van der Waals surface area contributed by atoms with Crippen LogP contribution < -0.4 is 0 Å². The quantitative estimate of drug-likeness (QED) is 0.720. The molecular formula is C11H21NO3. The minimum Gasteiger partial charge on any atom is -0.481 e. The average molecular weight is 215 g/mol. The minimum absolute atomic E-state index is 0.215. The van der Waals surface area contributed by atoms with Crippen LogP contribution in [0.5, 0.6) is 0 Å². The lowest BCUT2D eigenvalue weighted by Crippen LogP contribution is -2.43. The second kappa shape index (κ2) is 6.08. The van der Waals surface area contributed by atoms with Gasteiger partial charge in [-0.3, -0.25) is 4.79 Å². The molecule has 1 fully saturated rings. The van der Waals surface area contributed by atoms with Crippen molar-refractivity contribution in [2.24, 2.45) is 0 Å². The highest BCUT2D eigenvalue weighted by Gasteiger charge is 2.26. The third-order valence-electron chi connectivity index (χ3n) is 3.16. The molecule has 2 unspecified atom stereocenters. The van der Waals surface area contributed by atoms with Gasteiger partial charge in [0.15, 0.2) is 0 Å². The number of carboxylic acids is 1. The van der Waals surface area contributed by atoms with E-state index in [0.717, 1.165) is 25.8 Å². The van der Waals surface area contributed by atoms with Crippen LogP contribution in [0.2, 0.25) is 0 Å². The van der Waals surface area contributed by atoms with Gasteiger partial charge in [0.25, 0.3) is 0 Å². The van der Waals surface area contributed by atoms with E-state index in [9.17, 15) is 9.90 Å². The number of hydrogen-bond acceptors (Lipinski definition) is 3. The van der Waals surface area contributed by atoms with Gasteiger partial charge in [0, 0.05) is 12.5 Å². The predicted octanol–water partition coefficient (Wildman–Crippen LogP) is 1.09. The largest absolute Gasteiger partial charge is 0.481 e. The van der Waals surface area contributed by atoms with Gasteiger partial charge in [-0.15, -0.1) is 0 Å². The van der Waals surface area contributed by atoms with E-state index in [-0.39, 0.29) is 18.6 Å². The third kappa shape index (κ3) is 4.18. The Balaban J connectivity index is 2.25. The van der Waals surface area contributed by atoms with Crippen molar-refractivity contribution in [2.75, 3.05) is 13.6 Å². The van der Waals surface area contributed by atoms with Crippen molar-refractivity contribution < 1.29 is 15.0 Å². The summed E-state index contributed by atoms with van der Waals surface area (Å²) >= 11 is 0. The molecule has 0 aromatic rings. The fourth-order valence-corrected chi connectivity index (χ4v) is 2.25. The number of carboxylic acid groups (broad SMARTS) is 1. The molecular weight excluding hydrogens is 194 g/mol. The maximum Gasteiger partial charge on any atom is 0.303 e. The van der Waals surface area contributed by atoms with Crippen LogP contribution in [0.4, 0.5) is 0 Å². The van der Waals surface area contributed by atoms with Gasteiger partial charge in [-0.1, -0.05) is 12.8 Å². The van der Waals surface area contributed by atoms with Crippen LogP contribution in [0.25, 0.3) is 0 Å². The first-order valence-electron chi connectivity index (χ1n) is 5.71. The lowest BCUT2D eigenvalue weighted by Gasteiger charge is -2.35. The molecule has 0 bridgehead atoms. The number of rotatable bonds is 5. The smallest absolute Gasteiger partial charge is 0.303 e. The number of aliphatic hydroxyl groups is 1. The van der Waals surface area contributed by atoms with Crippen LogP contribution in [0.1, 0.15) is 38.5 Å². The Hall–Kier alpha value is -0.610. The van der Waals surface area contributed by atoms with E-state index < -0.39 is 5.97 Å². The highest BCUT2D eigenvalue weighted by Crippen LogP contribution is 2.22. The SMILES string of the molecule is CN(CCCC(=O)O)C1CCCCC1O. The van der Waals surface area contributed by atoms with Crippen molar-refractivity contribution in [1.82, 2.24) is 4.90 Å². The molecule has 0 aromatic heterocycles. The van der Waals surface area contributed by atoms with Crippen LogP contribution in [-0.4, -0.2) is 46.8 Å². The van der Waals surface area contributed by atoms with Gasteiger partial charge in [-0.2, -0.15) is 0 Å². The Morgan fingerprint density at radius 1 is 1.40 bits per heavy atom. The molecule has 0 aliphatic heterocycles. The molecule has 0 heterocycles. The molecule has 2 N–H and O–H groups in total. The van der Waals surface area contributed by atoms with E-state index in [0.29, 0.717) is 6.42 Å². The fraction of sp³-hybridized carbons (Fsp3) is 0.909. The van der Waals surface area contributed by atoms with E-state index >= 15 is 0 Å². The molecule has 1 aliphatic rings. The summed E-state index contributed by atoms with van der Waals surface area (Å²) < 4.78 is 0. The first-order chi connectivity index (χ1) is 7.11. The number of hydrogen-bond donors (Lipinski definition) is 2. The summed E-state index contributed by atoms with van der Waals surface area (Å²) in [6, 6.07) is 0.229. The molecule has 1 aliphatic carbocycles. The van der Waals surface area contributed by atoms with Gasteiger partial charge in [0.05, 0.1) is 6.10 Å². The Bertz CT molecular complexity index is 208. The maximum absolute atomic E-state index is 10.4. The average Bonchev–Trinajstić information content (AvgIpc) is 2.17. The summed E-state index contributed by atoms with van der Waals surface area (Å²) in [5.74, 6) is -0.743. The molecule has 0 spiro atoms. The second-order valence-corrected chi connectivity index (χ2v) is 4.40. The highest BCUT2D eigenvalue weighted by atomic mass is 16.4. The Morgan fingerprint density at radius 2 is 2.07 bits per heavy atom. The lowest BCUT2D eigenvalue weighted by molar-refractivity contribution is -0.137. The van der Waals surface area contributed by atoms with Crippen molar-refractivity contribution in [2.45, 2.75) is 50.7 Å². The molecule has 0 radical (unpaired) electrons. The topological polar surface area (TPSA) is 60.8 Å². The van der Waals surface area contributed by atoms with Gasteiger partial charge < -0.3 is 15.1 Å². The summed E-state index contributed by atoms with van der Waals surface area (Å²) in [7, 11) is 1.97. The molecule has 88 valence electrons. The number of likely N-dealkylation sites (N-methyl/N-ethyl adjacent to an activating group) is 1. The molecule has 0 saturated heterocycles. The standard InChI is InChI=1S/C11H21NO3/c1-12(8-4-7-11(14)15)9-5-2-3-6-10(9)13/h9-10,13H,2-8H2,1H3,(H,14,15). The molecule has 1 saturated carbocycles. The van der Waals surface area contributed by atoms with Gasteiger partial charge in [0.1, 0.15) is 0 Å². The number of carbonyl (C=O) groups is 1. The first kappa shape index (κ1) is 12.5. The summed E-state index contributed by atoms with van der Waals surface area (Å²) in [5.41, 5.74) is 0. The van der Waals surface area contributed by atoms with Crippen LogP contribution in [-0.2, 0) is 4.79 Å². The summed E-state index contributed by atoms with van der Waals surface area (Å²) in [6.07, 6.45) is 4.85. The van der Waals surface area contributed by atoms with E-state index in [2.05, 4.69) is 4.90 Å². The monoisotopic (exact) mass is 215 g/mol. The van der Waals surface area contributed by atoms with Crippen molar-refractivity contribution in [1.29, 1.82) is 0 Å². The van der Waals surface area contributed by atoms with E-state index in [1.165, 1.54) is 6.42 Å². The molecule has 2 atom stereocenters. The van der Waals surface area contributed by atoms with Crippen molar-refractivity contribution in [3.05, 3.63) is 0 Å². The molecule has 4 heteroatoms. The van der Waals surface area contributed by atoms with Crippen LogP contribution >= 0.6 is 0 Å². The van der Waals surface area contributed by atoms with Crippen LogP contribution in [0, 0.1) is 0 Å². The second-order valence-electron chi connectivity index (χ2n) is 4.40. The number of aliphatic carboxylic acids is 1. The van der Waals surface area contributed by atoms with Crippen molar-refractivity contribution in [3.63, 3.8) is 0 Å². The van der Waals surface area contributed by atoms with E-state index in [1.54, 1.807) is 0 Å². The van der Waals surface area contributed by atoms with Gasteiger partial charge in [-0.05, 0) is 32.9 Å². The maximum atomic E-state index is 10.4. The zero-order chi connectivity index (χ0) is 11.3. The molecule has 0 amide bonds. The minimum atomic E-state index is -0.743. The lowest BCUT2D eigenvalue weighted by atomic mass is 9.91. The zero-order valence-electron chi connectivity index (χ0n) is 9.35. The Labute approximate surface area is 90.9 Å². The van der Waals surface area contributed by atoms with Crippen molar-refractivity contribution >= 4 is 5.97 Å². The summed E-state index contributed by atoms with van der Waals surface area (Å²) in [6.45, 7) is 0.758. The number of aliphatic hydroxyl groups excluding tert-OH is 1. The molecule has 15 heavy (non-hydrogen) atoms. The van der Waals surface area contributed by atoms with E-state index in [1.807, 2.05) is 7.05 Å². The van der Waals surface area contributed by atoms with Gasteiger partial charge in [0.2, 0.25) is 0 Å². The fourth-order valence-electron chi connectivity index (χ4n) is 2.25. The van der Waals surface area contributed by atoms with Crippen molar-refractivity contribution in [3.8, 4) is 0 Å². The molecule has 1 rings (SSSR count). The highest BCUT2D eigenvalue weighted by molar-refractivity contribution is 5.66. The molecule has 4 nitrogen and oxygen atoms in total. The normalized spacial score (nSPS) is 26.9. The van der Waals surface area contributed by atoms with Gasteiger partial charge in [-0.25, -0.2) is 0 Å². The third-order valence-corrected chi connectivity index (χ3v) is 3.16. The predicted molar refractivity (Wildman–Crippen MR) is 57.8 cm³/mol. The van der Waals surface area contributed by atoms with Crippen LogP contribution in [0.15, 0.2) is 0 Å². The zero-order valence-corrected chi connectivity index (χ0v) is 9.35. The Morgan fingerprint density at radius 3 is 2.67 bits per heavy atom. The number of nitrogens with zero attached hydrogens (tertiary/aromatic N) is 1. The van der Waals surface area contributed by atoms with E-state index in [4.69, 9.17) is 5.11 Å². The first-order valence-corrected chi connectivity index (χ1v) is 5.71. The van der Waals surface area contributed by atoms with Gasteiger partial charge >= 0.3 is 5.97 Å². The summed E-state index contributed by atoms with van der Waals surface area (Å²) in [5, 5.41) is 18.3. The molecule has 0 aromatic carbocycles. The Kier molecular flexibility index (Phi) is 5.05. The summed E-state index contributed by atoms with van der Waals surface area (Å²) in [4.78, 5) is 12.5. The van der Waals surface area contributed by atoms with Crippen LogP contribution in [0.3, 0.4) is 0 Å².